The number of terminal acetylenes is 1. The SMILES string of the molecule is C#CCCC(O)(CCC)CCC. The second kappa shape index (κ2) is 6.08. The zero-order chi connectivity index (χ0) is 9.45. The van der Waals surface area contributed by atoms with Crippen LogP contribution >= 0.6 is 0 Å². The van der Waals surface area contributed by atoms with Crippen molar-refractivity contribution in [3.05, 3.63) is 0 Å². The van der Waals surface area contributed by atoms with E-state index in [2.05, 4.69) is 19.8 Å². The first kappa shape index (κ1) is 11.5. The monoisotopic (exact) mass is 168 g/mol. The van der Waals surface area contributed by atoms with Crippen LogP contribution in [0.2, 0.25) is 0 Å². The van der Waals surface area contributed by atoms with Crippen LogP contribution in [0.4, 0.5) is 0 Å². The topological polar surface area (TPSA) is 20.2 Å². The summed E-state index contributed by atoms with van der Waals surface area (Å²) in [5.41, 5.74) is -0.490. The quantitative estimate of drug-likeness (QED) is 0.605. The lowest BCUT2D eigenvalue weighted by atomic mass is 9.88. The van der Waals surface area contributed by atoms with Crippen LogP contribution in [0.15, 0.2) is 0 Å². The number of rotatable bonds is 6. The molecule has 70 valence electrons. The molecule has 0 saturated carbocycles. The molecule has 0 aromatic heterocycles. The van der Waals surface area contributed by atoms with E-state index in [1.165, 1.54) is 0 Å². The van der Waals surface area contributed by atoms with Gasteiger partial charge in [-0.05, 0) is 19.3 Å². The summed E-state index contributed by atoms with van der Waals surface area (Å²) in [5.74, 6) is 2.58. The molecule has 0 spiro atoms. The minimum atomic E-state index is -0.490. The summed E-state index contributed by atoms with van der Waals surface area (Å²) in [6.07, 6.45) is 10.4. The Hall–Kier alpha value is -0.480. The van der Waals surface area contributed by atoms with Crippen LogP contribution in [-0.4, -0.2) is 10.7 Å². The molecule has 0 aromatic carbocycles. The Morgan fingerprint density at radius 2 is 1.67 bits per heavy atom. The van der Waals surface area contributed by atoms with Crippen molar-refractivity contribution < 1.29 is 5.11 Å². The molecule has 1 nitrogen and oxygen atoms in total. The molecule has 0 saturated heterocycles. The lowest BCUT2D eigenvalue weighted by Gasteiger charge is -2.26. The van der Waals surface area contributed by atoms with E-state index in [0.717, 1.165) is 32.1 Å². The largest absolute Gasteiger partial charge is 0.390 e. The minimum absolute atomic E-state index is 0.490. The van der Waals surface area contributed by atoms with Crippen LogP contribution in [-0.2, 0) is 0 Å². The van der Waals surface area contributed by atoms with Gasteiger partial charge in [0.1, 0.15) is 0 Å². The summed E-state index contributed by atoms with van der Waals surface area (Å²) < 4.78 is 0. The maximum absolute atomic E-state index is 10.0. The summed E-state index contributed by atoms with van der Waals surface area (Å²) in [6.45, 7) is 4.19. The molecule has 0 rings (SSSR count). The first-order valence-electron chi connectivity index (χ1n) is 4.84. The molecular formula is C11H20O. The van der Waals surface area contributed by atoms with Crippen molar-refractivity contribution in [2.24, 2.45) is 0 Å². The summed E-state index contributed by atoms with van der Waals surface area (Å²) in [4.78, 5) is 0. The third-order valence-corrected chi connectivity index (χ3v) is 2.17. The highest BCUT2D eigenvalue weighted by atomic mass is 16.3. The Labute approximate surface area is 76.2 Å². The zero-order valence-electron chi connectivity index (χ0n) is 8.27. The summed E-state index contributed by atoms with van der Waals surface area (Å²) in [5, 5.41) is 10.0. The molecule has 0 aliphatic heterocycles. The normalized spacial score (nSPS) is 11.2. The van der Waals surface area contributed by atoms with Gasteiger partial charge in [0.15, 0.2) is 0 Å². The molecule has 12 heavy (non-hydrogen) atoms. The van der Waals surface area contributed by atoms with Gasteiger partial charge < -0.3 is 5.11 Å². The van der Waals surface area contributed by atoms with Gasteiger partial charge in [-0.3, -0.25) is 0 Å². The minimum Gasteiger partial charge on any atom is -0.390 e. The molecule has 0 aliphatic rings. The van der Waals surface area contributed by atoms with Gasteiger partial charge in [-0.15, -0.1) is 12.3 Å². The molecule has 0 radical (unpaired) electrons. The molecule has 0 unspecified atom stereocenters. The molecular weight excluding hydrogens is 148 g/mol. The summed E-state index contributed by atoms with van der Waals surface area (Å²) in [6, 6.07) is 0. The second-order valence-corrected chi connectivity index (χ2v) is 3.43. The van der Waals surface area contributed by atoms with Gasteiger partial charge >= 0.3 is 0 Å². The summed E-state index contributed by atoms with van der Waals surface area (Å²) >= 11 is 0. The fourth-order valence-electron chi connectivity index (χ4n) is 1.61. The van der Waals surface area contributed by atoms with E-state index in [4.69, 9.17) is 6.42 Å². The van der Waals surface area contributed by atoms with Gasteiger partial charge in [0.2, 0.25) is 0 Å². The molecule has 0 bridgehead atoms. The van der Waals surface area contributed by atoms with E-state index in [9.17, 15) is 5.11 Å². The van der Waals surface area contributed by atoms with E-state index in [1.807, 2.05) is 0 Å². The van der Waals surface area contributed by atoms with Crippen molar-refractivity contribution in [1.29, 1.82) is 0 Å². The number of hydrogen-bond acceptors (Lipinski definition) is 1. The molecule has 0 aliphatic carbocycles. The van der Waals surface area contributed by atoms with Crippen molar-refractivity contribution in [3.8, 4) is 12.3 Å². The van der Waals surface area contributed by atoms with Gasteiger partial charge in [-0.2, -0.15) is 0 Å². The van der Waals surface area contributed by atoms with Crippen LogP contribution in [0.5, 0.6) is 0 Å². The maximum Gasteiger partial charge on any atom is 0.0656 e. The van der Waals surface area contributed by atoms with Crippen molar-refractivity contribution in [1.82, 2.24) is 0 Å². The van der Waals surface area contributed by atoms with Crippen LogP contribution in [0.25, 0.3) is 0 Å². The highest BCUT2D eigenvalue weighted by Gasteiger charge is 2.23. The third kappa shape index (κ3) is 4.41. The molecule has 0 heterocycles. The fourth-order valence-corrected chi connectivity index (χ4v) is 1.61. The fraction of sp³-hybridized carbons (Fsp3) is 0.818. The van der Waals surface area contributed by atoms with Crippen molar-refractivity contribution in [2.75, 3.05) is 0 Å². The Bertz CT molecular complexity index is 138. The number of aliphatic hydroxyl groups is 1. The molecule has 0 aromatic rings. The highest BCUT2D eigenvalue weighted by Crippen LogP contribution is 2.24. The molecule has 0 atom stereocenters. The second-order valence-electron chi connectivity index (χ2n) is 3.43. The predicted octanol–water partition coefficient (Wildman–Crippen LogP) is 2.73. The molecule has 0 fully saturated rings. The smallest absolute Gasteiger partial charge is 0.0656 e. The highest BCUT2D eigenvalue weighted by molar-refractivity contribution is 4.89. The van der Waals surface area contributed by atoms with Crippen molar-refractivity contribution in [2.45, 2.75) is 58.0 Å². The average molecular weight is 168 g/mol. The van der Waals surface area contributed by atoms with E-state index in [0.29, 0.717) is 6.42 Å². The van der Waals surface area contributed by atoms with Gasteiger partial charge in [0, 0.05) is 6.42 Å². The van der Waals surface area contributed by atoms with Gasteiger partial charge in [-0.1, -0.05) is 26.7 Å². The average Bonchev–Trinajstić information content (AvgIpc) is 2.02. The first-order chi connectivity index (χ1) is 5.68. The summed E-state index contributed by atoms with van der Waals surface area (Å²) in [7, 11) is 0. The van der Waals surface area contributed by atoms with E-state index in [1.54, 1.807) is 0 Å². The Kier molecular flexibility index (Phi) is 5.84. The standard InChI is InChI=1S/C11H20O/c1-4-7-10-11(12,8-5-2)9-6-3/h1,12H,5-10H2,2-3H3. The molecule has 0 amide bonds. The number of hydrogen-bond donors (Lipinski definition) is 1. The van der Waals surface area contributed by atoms with E-state index < -0.39 is 5.60 Å². The molecule has 1 heteroatoms. The van der Waals surface area contributed by atoms with Crippen LogP contribution < -0.4 is 0 Å². The third-order valence-electron chi connectivity index (χ3n) is 2.17. The van der Waals surface area contributed by atoms with Crippen LogP contribution in [0, 0.1) is 12.3 Å². The Morgan fingerprint density at radius 3 is 2.00 bits per heavy atom. The van der Waals surface area contributed by atoms with Gasteiger partial charge in [0.25, 0.3) is 0 Å². The predicted molar refractivity (Wildman–Crippen MR) is 52.8 cm³/mol. The van der Waals surface area contributed by atoms with Crippen molar-refractivity contribution >= 4 is 0 Å². The van der Waals surface area contributed by atoms with Gasteiger partial charge in [0.05, 0.1) is 5.60 Å². The lowest BCUT2D eigenvalue weighted by Crippen LogP contribution is -2.27. The zero-order valence-corrected chi connectivity index (χ0v) is 8.27. The Morgan fingerprint density at radius 1 is 1.17 bits per heavy atom. The van der Waals surface area contributed by atoms with E-state index in [-0.39, 0.29) is 0 Å². The van der Waals surface area contributed by atoms with Crippen molar-refractivity contribution in [3.63, 3.8) is 0 Å². The van der Waals surface area contributed by atoms with Crippen LogP contribution in [0.3, 0.4) is 0 Å². The van der Waals surface area contributed by atoms with E-state index >= 15 is 0 Å². The lowest BCUT2D eigenvalue weighted by molar-refractivity contribution is 0.0143. The molecule has 1 N–H and O–H groups in total. The van der Waals surface area contributed by atoms with Gasteiger partial charge in [-0.25, -0.2) is 0 Å². The Balaban J connectivity index is 3.90. The maximum atomic E-state index is 10.0. The van der Waals surface area contributed by atoms with Crippen LogP contribution in [0.1, 0.15) is 52.4 Å². The first-order valence-corrected chi connectivity index (χ1v) is 4.84.